The topological polar surface area (TPSA) is 55.8 Å². The predicted octanol–water partition coefficient (Wildman–Crippen LogP) is 4.53. The summed E-state index contributed by atoms with van der Waals surface area (Å²) in [5, 5.41) is 0. The lowest BCUT2D eigenvalue weighted by atomic mass is 9.96. The molecule has 5 heteroatoms. The minimum absolute atomic E-state index is 0.222. The maximum atomic E-state index is 12.1. The maximum absolute atomic E-state index is 12.1. The summed E-state index contributed by atoms with van der Waals surface area (Å²) in [4.78, 5) is 25.0. The van der Waals surface area contributed by atoms with Crippen LogP contribution in [0.1, 0.15) is 44.7 Å². The number of piperidine rings is 1. The molecule has 0 bridgehead atoms. The van der Waals surface area contributed by atoms with E-state index in [0.717, 1.165) is 37.1 Å². The average molecular weight is 371 g/mol. The first-order chi connectivity index (χ1) is 12.8. The van der Waals surface area contributed by atoms with E-state index in [1.165, 1.54) is 13.2 Å². The van der Waals surface area contributed by atoms with Crippen molar-refractivity contribution >= 4 is 24.2 Å². The van der Waals surface area contributed by atoms with Crippen LogP contribution < -0.4 is 0 Å². The summed E-state index contributed by atoms with van der Waals surface area (Å²) in [7, 11) is 1.36. The second-order valence-corrected chi connectivity index (χ2v) is 7.69. The molecule has 0 aromatic heterocycles. The van der Waals surface area contributed by atoms with Crippen molar-refractivity contribution < 1.29 is 19.1 Å². The fourth-order valence-corrected chi connectivity index (χ4v) is 2.80. The number of carbonyl (C=O) groups is 2. The molecule has 0 aliphatic carbocycles. The average Bonchev–Trinajstić information content (AvgIpc) is 2.64. The second-order valence-electron chi connectivity index (χ2n) is 7.69. The number of methoxy groups -OCH3 is 1. The monoisotopic (exact) mass is 371 g/mol. The van der Waals surface area contributed by atoms with Gasteiger partial charge in [0.25, 0.3) is 0 Å². The Kier molecular flexibility index (Phi) is 7.22. The van der Waals surface area contributed by atoms with Gasteiger partial charge in [-0.05, 0) is 56.7 Å². The number of nitrogens with zero attached hydrogens (tertiary/aromatic N) is 1. The molecule has 1 aliphatic rings. The van der Waals surface area contributed by atoms with E-state index in [-0.39, 0.29) is 12.1 Å². The van der Waals surface area contributed by atoms with Crippen LogP contribution in [0.3, 0.4) is 0 Å². The molecule has 27 heavy (non-hydrogen) atoms. The Morgan fingerprint density at radius 1 is 1.04 bits per heavy atom. The number of amides is 1. The van der Waals surface area contributed by atoms with Gasteiger partial charge in [-0.2, -0.15) is 0 Å². The van der Waals surface area contributed by atoms with Gasteiger partial charge in [0.15, 0.2) is 0 Å². The summed E-state index contributed by atoms with van der Waals surface area (Å²) in [6, 6.07) is 7.96. The summed E-state index contributed by atoms with van der Waals surface area (Å²) in [5.74, 6) is 0.0966. The lowest BCUT2D eigenvalue weighted by Gasteiger charge is -2.32. The molecular weight excluding hydrogens is 342 g/mol. The fourth-order valence-electron chi connectivity index (χ4n) is 2.80. The summed E-state index contributed by atoms with van der Waals surface area (Å²) in [6.45, 7) is 7.10. The Morgan fingerprint density at radius 3 is 2.11 bits per heavy atom. The molecule has 5 nitrogen and oxygen atoms in total. The first-order valence-corrected chi connectivity index (χ1v) is 9.29. The third-order valence-corrected chi connectivity index (χ3v) is 4.30. The third kappa shape index (κ3) is 7.29. The van der Waals surface area contributed by atoms with Crippen molar-refractivity contribution in [1.29, 1.82) is 0 Å². The van der Waals surface area contributed by atoms with Crippen LogP contribution in [0.2, 0.25) is 0 Å². The molecule has 0 saturated carbocycles. The van der Waals surface area contributed by atoms with Gasteiger partial charge >= 0.3 is 12.1 Å². The van der Waals surface area contributed by atoms with Gasteiger partial charge in [0.05, 0.1) is 7.11 Å². The summed E-state index contributed by atoms with van der Waals surface area (Å²) >= 11 is 0. The molecule has 0 N–H and O–H groups in total. The van der Waals surface area contributed by atoms with Crippen molar-refractivity contribution in [2.75, 3.05) is 20.2 Å². The Hall–Kier alpha value is -2.56. The largest absolute Gasteiger partial charge is 0.466 e. The van der Waals surface area contributed by atoms with Crippen molar-refractivity contribution in [1.82, 2.24) is 4.90 Å². The van der Waals surface area contributed by atoms with E-state index >= 15 is 0 Å². The van der Waals surface area contributed by atoms with Crippen molar-refractivity contribution in [3.05, 3.63) is 47.5 Å². The number of hydrogen-bond donors (Lipinski definition) is 0. The number of allylic oxidation sites excluding steroid dienone is 1. The fraction of sp³-hybridized carbons (Fsp3) is 0.455. The zero-order valence-electron chi connectivity index (χ0n) is 16.6. The van der Waals surface area contributed by atoms with Crippen LogP contribution in [0.25, 0.3) is 12.2 Å². The number of hydrogen-bond acceptors (Lipinski definition) is 4. The maximum Gasteiger partial charge on any atom is 0.410 e. The molecular formula is C22H29NO4. The molecule has 1 heterocycles. The van der Waals surface area contributed by atoms with Crippen molar-refractivity contribution in [3.8, 4) is 0 Å². The quantitative estimate of drug-likeness (QED) is 0.576. The Morgan fingerprint density at radius 2 is 1.59 bits per heavy atom. The first-order valence-electron chi connectivity index (χ1n) is 9.29. The molecule has 0 spiro atoms. The van der Waals surface area contributed by atoms with Crippen LogP contribution in [-0.4, -0.2) is 42.8 Å². The van der Waals surface area contributed by atoms with Gasteiger partial charge < -0.3 is 14.4 Å². The van der Waals surface area contributed by atoms with Crippen molar-refractivity contribution in [2.45, 2.75) is 39.2 Å². The summed E-state index contributed by atoms with van der Waals surface area (Å²) in [6.07, 6.45) is 9.12. The van der Waals surface area contributed by atoms with Crippen LogP contribution in [0.15, 0.2) is 36.4 Å². The highest BCUT2D eigenvalue weighted by Gasteiger charge is 2.25. The highest BCUT2D eigenvalue weighted by atomic mass is 16.6. The van der Waals surface area contributed by atoms with Crippen LogP contribution >= 0.6 is 0 Å². The molecule has 2 rings (SSSR count). The van der Waals surface area contributed by atoms with Crippen LogP contribution in [0, 0.1) is 5.92 Å². The lowest BCUT2D eigenvalue weighted by Crippen LogP contribution is -2.41. The van der Waals surface area contributed by atoms with Gasteiger partial charge in [-0.25, -0.2) is 9.59 Å². The first kappa shape index (κ1) is 20.7. The van der Waals surface area contributed by atoms with Gasteiger partial charge in [-0.1, -0.05) is 36.4 Å². The van der Waals surface area contributed by atoms with E-state index in [9.17, 15) is 9.59 Å². The Balaban J connectivity index is 1.83. The Labute approximate surface area is 161 Å². The summed E-state index contributed by atoms with van der Waals surface area (Å²) < 4.78 is 10.0. The highest BCUT2D eigenvalue weighted by Crippen LogP contribution is 2.21. The molecule has 1 aromatic carbocycles. The van der Waals surface area contributed by atoms with E-state index in [1.54, 1.807) is 11.0 Å². The number of likely N-dealkylation sites (tertiary alicyclic amines) is 1. The summed E-state index contributed by atoms with van der Waals surface area (Å²) in [5.41, 5.74) is 1.61. The number of ether oxygens (including phenoxy) is 2. The Bertz CT molecular complexity index is 690. The van der Waals surface area contributed by atoms with Crippen molar-refractivity contribution in [3.63, 3.8) is 0 Å². The molecule has 1 amide bonds. The highest BCUT2D eigenvalue weighted by molar-refractivity contribution is 5.86. The minimum atomic E-state index is -0.452. The van der Waals surface area contributed by atoms with Gasteiger partial charge in [-0.3, -0.25) is 0 Å². The molecule has 0 unspecified atom stereocenters. The minimum Gasteiger partial charge on any atom is -0.466 e. The molecule has 1 saturated heterocycles. The zero-order chi connectivity index (χ0) is 19.9. The van der Waals surface area contributed by atoms with Gasteiger partial charge in [0.1, 0.15) is 5.60 Å². The number of carbonyl (C=O) groups excluding carboxylic acids is 2. The molecule has 146 valence electrons. The smallest absolute Gasteiger partial charge is 0.410 e. The van der Waals surface area contributed by atoms with E-state index < -0.39 is 5.60 Å². The van der Waals surface area contributed by atoms with Crippen LogP contribution in [0.4, 0.5) is 4.79 Å². The standard InChI is InChI=1S/C22H29NO4/c1-22(2,3)27-21(25)23-15-13-19(14-16-23)10-9-17-5-7-18(8-6-17)11-12-20(24)26-4/h5-12,19H,13-16H2,1-4H3/b10-9+,12-11+. The van der Waals surface area contributed by atoms with Crippen LogP contribution in [0.5, 0.6) is 0 Å². The third-order valence-electron chi connectivity index (χ3n) is 4.30. The van der Waals surface area contributed by atoms with Crippen LogP contribution in [-0.2, 0) is 14.3 Å². The van der Waals surface area contributed by atoms with E-state index in [1.807, 2.05) is 45.0 Å². The zero-order valence-corrected chi connectivity index (χ0v) is 16.6. The molecule has 0 radical (unpaired) electrons. The number of esters is 1. The SMILES string of the molecule is COC(=O)/C=C/c1ccc(/C=C/C2CCN(C(=O)OC(C)(C)C)CC2)cc1. The molecule has 0 atom stereocenters. The van der Waals surface area contributed by atoms with E-state index in [2.05, 4.69) is 16.9 Å². The van der Waals surface area contributed by atoms with Gasteiger partial charge in [-0.15, -0.1) is 0 Å². The van der Waals surface area contributed by atoms with E-state index in [0.29, 0.717) is 5.92 Å². The molecule has 1 aliphatic heterocycles. The lowest BCUT2D eigenvalue weighted by molar-refractivity contribution is -0.134. The van der Waals surface area contributed by atoms with Gasteiger partial charge in [0.2, 0.25) is 0 Å². The van der Waals surface area contributed by atoms with E-state index in [4.69, 9.17) is 4.74 Å². The number of rotatable bonds is 4. The predicted molar refractivity (Wildman–Crippen MR) is 107 cm³/mol. The molecule has 1 fully saturated rings. The van der Waals surface area contributed by atoms with Gasteiger partial charge in [0, 0.05) is 19.2 Å². The second kappa shape index (κ2) is 9.40. The van der Waals surface area contributed by atoms with Crippen molar-refractivity contribution in [2.24, 2.45) is 5.92 Å². The normalized spacial score (nSPS) is 16.1. The molecule has 1 aromatic rings. The number of benzene rings is 1.